The Labute approximate surface area is 149 Å². The zero-order valence-corrected chi connectivity index (χ0v) is 14.8. The van der Waals surface area contributed by atoms with Gasteiger partial charge in [-0.1, -0.05) is 18.2 Å². The molecule has 1 heterocycles. The van der Waals surface area contributed by atoms with Crippen LogP contribution in [0.15, 0.2) is 54.6 Å². The normalized spacial score (nSPS) is 16.3. The number of para-hydroxylation sites is 1. The summed E-state index contributed by atoms with van der Waals surface area (Å²) in [6.45, 7) is 5.54. The van der Waals surface area contributed by atoms with Crippen LogP contribution < -0.4 is 15.0 Å². The maximum absolute atomic E-state index is 12.5. The van der Waals surface area contributed by atoms with E-state index in [1.54, 1.807) is 7.11 Å². The van der Waals surface area contributed by atoms with Gasteiger partial charge in [0, 0.05) is 37.6 Å². The van der Waals surface area contributed by atoms with E-state index in [9.17, 15) is 4.79 Å². The molecule has 1 saturated heterocycles. The number of nitrogens with one attached hydrogen (secondary N) is 1. The first-order chi connectivity index (χ1) is 12.2. The summed E-state index contributed by atoms with van der Waals surface area (Å²) in [5, 5.41) is 2.99. The molecule has 1 fully saturated rings. The molecule has 2 aromatic carbocycles. The fourth-order valence-electron chi connectivity index (χ4n) is 3.09. The number of benzene rings is 2. The van der Waals surface area contributed by atoms with Gasteiger partial charge in [-0.2, -0.15) is 0 Å². The third-order valence-electron chi connectivity index (χ3n) is 4.72. The van der Waals surface area contributed by atoms with Crippen molar-refractivity contribution in [2.75, 3.05) is 43.5 Å². The van der Waals surface area contributed by atoms with E-state index in [4.69, 9.17) is 4.74 Å². The summed E-state index contributed by atoms with van der Waals surface area (Å²) in [5.41, 5.74) is 2.04. The van der Waals surface area contributed by atoms with Crippen molar-refractivity contribution >= 4 is 17.3 Å². The van der Waals surface area contributed by atoms with Crippen LogP contribution in [0.1, 0.15) is 6.92 Å². The Hall–Kier alpha value is -2.53. The van der Waals surface area contributed by atoms with E-state index in [1.807, 2.05) is 49.4 Å². The molecule has 0 spiro atoms. The van der Waals surface area contributed by atoms with Crippen LogP contribution in [0.2, 0.25) is 0 Å². The van der Waals surface area contributed by atoms with Crippen molar-refractivity contribution in [2.24, 2.45) is 0 Å². The lowest BCUT2D eigenvalue weighted by Gasteiger charge is -2.38. The van der Waals surface area contributed by atoms with Crippen LogP contribution in [0.5, 0.6) is 5.75 Å². The fraction of sp³-hybridized carbons (Fsp3) is 0.350. The molecule has 25 heavy (non-hydrogen) atoms. The van der Waals surface area contributed by atoms with Gasteiger partial charge in [-0.15, -0.1) is 0 Å². The SMILES string of the molecule is COc1ccc(N2CCN([C@H](C)C(=O)Nc3ccccc3)CC2)cc1. The molecule has 2 aromatic rings. The van der Waals surface area contributed by atoms with Gasteiger partial charge in [0.25, 0.3) is 0 Å². The van der Waals surface area contributed by atoms with Crippen molar-refractivity contribution in [3.8, 4) is 5.75 Å². The van der Waals surface area contributed by atoms with Gasteiger partial charge in [-0.3, -0.25) is 9.69 Å². The van der Waals surface area contributed by atoms with Crippen molar-refractivity contribution < 1.29 is 9.53 Å². The Morgan fingerprint density at radius 3 is 2.24 bits per heavy atom. The summed E-state index contributed by atoms with van der Waals surface area (Å²) >= 11 is 0. The van der Waals surface area contributed by atoms with E-state index >= 15 is 0 Å². The largest absolute Gasteiger partial charge is 0.497 e. The molecule has 1 aliphatic rings. The van der Waals surface area contributed by atoms with E-state index in [2.05, 4.69) is 27.2 Å². The first-order valence-corrected chi connectivity index (χ1v) is 8.66. The second kappa shape index (κ2) is 8.03. The molecule has 0 bridgehead atoms. The van der Waals surface area contributed by atoms with Crippen LogP contribution >= 0.6 is 0 Å². The Kier molecular flexibility index (Phi) is 5.56. The molecular weight excluding hydrogens is 314 g/mol. The highest BCUT2D eigenvalue weighted by atomic mass is 16.5. The van der Waals surface area contributed by atoms with Gasteiger partial charge >= 0.3 is 0 Å². The summed E-state index contributed by atoms with van der Waals surface area (Å²) in [4.78, 5) is 17.0. The van der Waals surface area contributed by atoms with Crippen LogP contribution in [0.4, 0.5) is 11.4 Å². The van der Waals surface area contributed by atoms with Gasteiger partial charge in [0.2, 0.25) is 5.91 Å². The van der Waals surface area contributed by atoms with Gasteiger partial charge in [0.15, 0.2) is 0 Å². The van der Waals surface area contributed by atoms with E-state index in [1.165, 1.54) is 5.69 Å². The highest BCUT2D eigenvalue weighted by Gasteiger charge is 2.25. The van der Waals surface area contributed by atoms with Crippen molar-refractivity contribution in [3.63, 3.8) is 0 Å². The molecule has 0 radical (unpaired) electrons. The third kappa shape index (κ3) is 4.31. The van der Waals surface area contributed by atoms with Gasteiger partial charge in [-0.25, -0.2) is 0 Å². The second-order valence-electron chi connectivity index (χ2n) is 6.25. The molecule has 1 amide bonds. The van der Waals surface area contributed by atoms with Crippen molar-refractivity contribution in [1.82, 2.24) is 4.90 Å². The highest BCUT2D eigenvalue weighted by molar-refractivity contribution is 5.94. The molecule has 0 unspecified atom stereocenters. The number of anilines is 2. The molecule has 0 aliphatic carbocycles. The fourth-order valence-corrected chi connectivity index (χ4v) is 3.09. The van der Waals surface area contributed by atoms with Crippen molar-refractivity contribution in [1.29, 1.82) is 0 Å². The quantitative estimate of drug-likeness (QED) is 0.910. The molecule has 1 atom stereocenters. The van der Waals surface area contributed by atoms with Gasteiger partial charge < -0.3 is 15.0 Å². The first-order valence-electron chi connectivity index (χ1n) is 8.66. The van der Waals surface area contributed by atoms with E-state index < -0.39 is 0 Å². The van der Waals surface area contributed by atoms with Crippen LogP contribution in [0.3, 0.4) is 0 Å². The minimum atomic E-state index is -0.141. The lowest BCUT2D eigenvalue weighted by Crippen LogP contribution is -2.52. The zero-order chi connectivity index (χ0) is 17.6. The summed E-state index contributed by atoms with van der Waals surface area (Å²) in [6, 6.07) is 17.6. The van der Waals surface area contributed by atoms with Gasteiger partial charge in [0.1, 0.15) is 5.75 Å². The van der Waals surface area contributed by atoms with Gasteiger partial charge in [0.05, 0.1) is 13.2 Å². The predicted octanol–water partition coefficient (Wildman–Crippen LogP) is 2.84. The van der Waals surface area contributed by atoms with E-state index in [-0.39, 0.29) is 11.9 Å². The predicted molar refractivity (Wildman–Crippen MR) is 101 cm³/mol. The molecule has 5 nitrogen and oxygen atoms in total. The average molecular weight is 339 g/mol. The minimum Gasteiger partial charge on any atom is -0.497 e. The monoisotopic (exact) mass is 339 g/mol. The number of carbonyl (C=O) groups excluding carboxylic acids is 1. The molecule has 1 N–H and O–H groups in total. The minimum absolute atomic E-state index is 0.0455. The number of carbonyl (C=O) groups is 1. The highest BCUT2D eigenvalue weighted by Crippen LogP contribution is 2.21. The molecule has 0 aromatic heterocycles. The van der Waals surface area contributed by atoms with Crippen LogP contribution in [0.25, 0.3) is 0 Å². The lowest BCUT2D eigenvalue weighted by atomic mass is 10.2. The van der Waals surface area contributed by atoms with E-state index in [0.717, 1.165) is 37.6 Å². The zero-order valence-electron chi connectivity index (χ0n) is 14.8. The summed E-state index contributed by atoms with van der Waals surface area (Å²) < 4.78 is 5.21. The topological polar surface area (TPSA) is 44.8 Å². The molecule has 0 saturated carbocycles. The Balaban J connectivity index is 1.53. The number of amides is 1. The Morgan fingerprint density at radius 2 is 1.64 bits per heavy atom. The van der Waals surface area contributed by atoms with Crippen LogP contribution in [-0.4, -0.2) is 50.1 Å². The summed E-state index contributed by atoms with van der Waals surface area (Å²) in [5.74, 6) is 0.915. The Morgan fingerprint density at radius 1 is 1.00 bits per heavy atom. The number of ether oxygens (including phenoxy) is 1. The van der Waals surface area contributed by atoms with Gasteiger partial charge in [-0.05, 0) is 43.3 Å². The van der Waals surface area contributed by atoms with Crippen molar-refractivity contribution in [2.45, 2.75) is 13.0 Å². The number of hydrogen-bond acceptors (Lipinski definition) is 4. The van der Waals surface area contributed by atoms with Crippen LogP contribution in [-0.2, 0) is 4.79 Å². The molecule has 1 aliphatic heterocycles. The summed E-state index contributed by atoms with van der Waals surface area (Å²) in [6.07, 6.45) is 0. The summed E-state index contributed by atoms with van der Waals surface area (Å²) in [7, 11) is 1.68. The molecular formula is C20H25N3O2. The maximum atomic E-state index is 12.5. The lowest BCUT2D eigenvalue weighted by molar-refractivity contribution is -0.120. The number of piperazine rings is 1. The number of nitrogens with zero attached hydrogens (tertiary/aromatic N) is 2. The van der Waals surface area contributed by atoms with E-state index in [0.29, 0.717) is 0 Å². The van der Waals surface area contributed by atoms with Crippen LogP contribution in [0, 0.1) is 0 Å². The Bertz CT molecular complexity index is 680. The number of hydrogen-bond donors (Lipinski definition) is 1. The first kappa shape index (κ1) is 17.3. The smallest absolute Gasteiger partial charge is 0.241 e. The molecule has 132 valence electrons. The number of methoxy groups -OCH3 is 1. The molecule has 5 heteroatoms. The molecule has 3 rings (SSSR count). The maximum Gasteiger partial charge on any atom is 0.241 e. The second-order valence-corrected chi connectivity index (χ2v) is 6.25. The average Bonchev–Trinajstić information content (AvgIpc) is 2.68. The standard InChI is InChI=1S/C20H25N3O2/c1-16(20(24)21-17-6-4-3-5-7-17)22-12-14-23(15-13-22)18-8-10-19(25-2)11-9-18/h3-11,16H,12-15H2,1-2H3,(H,21,24)/t16-/m1/s1. The third-order valence-corrected chi connectivity index (χ3v) is 4.72. The number of rotatable bonds is 5. The van der Waals surface area contributed by atoms with Crippen molar-refractivity contribution in [3.05, 3.63) is 54.6 Å².